The van der Waals surface area contributed by atoms with Crippen LogP contribution in [0.4, 0.5) is 0 Å². The van der Waals surface area contributed by atoms with Crippen LogP contribution < -0.4 is 10.5 Å². The van der Waals surface area contributed by atoms with Gasteiger partial charge in [-0.15, -0.1) is 0 Å². The smallest absolute Gasteiger partial charge is 0.320 e. The predicted octanol–water partition coefficient (Wildman–Crippen LogP) is 0.777. The Kier molecular flexibility index (Phi) is 3.82. The molecule has 0 aliphatic carbocycles. The van der Waals surface area contributed by atoms with E-state index < -0.39 is 28.7 Å². The van der Waals surface area contributed by atoms with Gasteiger partial charge in [-0.05, 0) is 17.5 Å². The number of carbonyl (C=O) groups excluding carboxylic acids is 1. The number of nitrogens with two attached hydrogens (primary N) is 1. The number of aliphatic carboxylic acids is 1. The second kappa shape index (κ2) is 5.25. The molecule has 2 rings (SSSR count). The monoisotopic (exact) mass is 298 g/mol. The first-order valence-electron chi connectivity index (χ1n) is 5.69. The first-order valence-corrected chi connectivity index (χ1v) is 7.23. The zero-order chi connectivity index (χ0) is 14.9. The summed E-state index contributed by atoms with van der Waals surface area (Å²) in [4.78, 5) is 21.9. The molecule has 0 saturated carbocycles. The molecule has 0 bridgehead atoms. The third-order valence-electron chi connectivity index (χ3n) is 2.82. The predicted molar refractivity (Wildman–Crippen MR) is 74.7 cm³/mol. The zero-order valence-corrected chi connectivity index (χ0v) is 11.1. The molecule has 7 nitrogen and oxygen atoms in total. The van der Waals surface area contributed by atoms with Gasteiger partial charge >= 0.3 is 5.97 Å². The fourth-order valence-electron chi connectivity index (χ4n) is 1.82. The molecule has 0 unspecified atom stereocenters. The van der Waals surface area contributed by atoms with Crippen LogP contribution in [0.25, 0.3) is 4.91 Å². The summed E-state index contributed by atoms with van der Waals surface area (Å²) in [5.41, 5.74) is 6.62. The molecule has 0 saturated heterocycles. The molecule has 108 valence electrons. The van der Waals surface area contributed by atoms with Crippen molar-refractivity contribution >= 4 is 27.6 Å². The van der Waals surface area contributed by atoms with Crippen molar-refractivity contribution in [2.45, 2.75) is 12.5 Å². The van der Waals surface area contributed by atoms with Gasteiger partial charge in [0.1, 0.15) is 6.04 Å². The Morgan fingerprint density at radius 2 is 1.90 bits per heavy atom. The summed E-state index contributed by atoms with van der Waals surface area (Å²) in [6, 6.07) is 5.46. The number of carboxylic acids is 1. The van der Waals surface area contributed by atoms with Gasteiger partial charge in [-0.3, -0.25) is 18.7 Å². The van der Waals surface area contributed by atoms with E-state index in [1.165, 1.54) is 0 Å². The van der Waals surface area contributed by atoms with Crippen molar-refractivity contribution in [3.05, 3.63) is 41.5 Å². The lowest BCUT2D eigenvalue weighted by molar-refractivity contribution is -0.138. The zero-order valence-electron chi connectivity index (χ0n) is 10.3. The lowest BCUT2D eigenvalue weighted by Gasteiger charge is -2.29. The van der Waals surface area contributed by atoms with E-state index in [0.29, 0.717) is 11.1 Å². The summed E-state index contributed by atoms with van der Waals surface area (Å²) >= 11 is 0. The van der Waals surface area contributed by atoms with Crippen LogP contribution in [0.1, 0.15) is 11.1 Å². The second-order valence-corrected chi connectivity index (χ2v) is 6.11. The Bertz CT molecular complexity index is 582. The van der Waals surface area contributed by atoms with Crippen LogP contribution in [0, 0.1) is 0 Å². The Morgan fingerprint density at radius 3 is 2.35 bits per heavy atom. The SMILES string of the molecule is N[C@@H](Cc1ccc(C2=CC(=O)NS2(O)O)cc1)C(=O)O. The minimum atomic E-state index is -3.30. The van der Waals surface area contributed by atoms with Gasteiger partial charge in [0.25, 0.3) is 5.91 Å². The van der Waals surface area contributed by atoms with E-state index in [0.717, 1.165) is 6.08 Å². The maximum atomic E-state index is 11.2. The molecule has 8 heteroatoms. The lowest BCUT2D eigenvalue weighted by atomic mass is 10.0. The molecule has 1 aromatic rings. The van der Waals surface area contributed by atoms with E-state index in [1.54, 1.807) is 24.3 Å². The van der Waals surface area contributed by atoms with Crippen molar-refractivity contribution in [2.24, 2.45) is 5.73 Å². The summed E-state index contributed by atoms with van der Waals surface area (Å²) < 4.78 is 21.5. The van der Waals surface area contributed by atoms with E-state index in [1.807, 2.05) is 0 Å². The molecular formula is C12H14N2O5S. The number of rotatable bonds is 4. The van der Waals surface area contributed by atoms with Gasteiger partial charge in [-0.2, -0.15) is 0 Å². The number of benzene rings is 1. The summed E-state index contributed by atoms with van der Waals surface area (Å²) in [5, 5.41) is 8.73. The van der Waals surface area contributed by atoms with Gasteiger partial charge in [0.05, 0.1) is 4.91 Å². The van der Waals surface area contributed by atoms with E-state index in [9.17, 15) is 18.7 Å². The quantitative estimate of drug-likeness (QED) is 0.558. The highest BCUT2D eigenvalue weighted by atomic mass is 32.3. The van der Waals surface area contributed by atoms with Crippen LogP contribution >= 0.6 is 10.8 Å². The molecule has 20 heavy (non-hydrogen) atoms. The first kappa shape index (κ1) is 14.5. The van der Waals surface area contributed by atoms with Crippen molar-refractivity contribution in [2.75, 3.05) is 0 Å². The maximum absolute atomic E-state index is 11.2. The van der Waals surface area contributed by atoms with Gasteiger partial charge < -0.3 is 10.8 Å². The number of amides is 1. The molecule has 6 N–H and O–H groups in total. The van der Waals surface area contributed by atoms with Crippen LogP contribution in [0.15, 0.2) is 30.3 Å². The Labute approximate surface area is 116 Å². The molecule has 1 heterocycles. The number of carbonyl (C=O) groups is 2. The molecule has 0 fully saturated rings. The minimum Gasteiger partial charge on any atom is -0.480 e. The normalized spacial score (nSPS) is 19.9. The fourth-order valence-corrected chi connectivity index (χ4v) is 3.01. The lowest BCUT2D eigenvalue weighted by Crippen LogP contribution is -2.32. The highest BCUT2D eigenvalue weighted by molar-refractivity contribution is 8.31. The van der Waals surface area contributed by atoms with Crippen LogP contribution in [-0.2, 0) is 16.0 Å². The number of nitrogens with one attached hydrogen (secondary N) is 1. The molecule has 1 atom stereocenters. The van der Waals surface area contributed by atoms with Crippen molar-refractivity contribution in [1.82, 2.24) is 4.72 Å². The highest BCUT2D eigenvalue weighted by Crippen LogP contribution is 2.52. The van der Waals surface area contributed by atoms with Gasteiger partial charge in [-0.25, -0.2) is 4.72 Å². The van der Waals surface area contributed by atoms with Crippen LogP contribution in [0.2, 0.25) is 0 Å². The van der Waals surface area contributed by atoms with E-state index in [2.05, 4.69) is 4.72 Å². The summed E-state index contributed by atoms with van der Waals surface area (Å²) in [5.74, 6) is -1.64. The topological polar surface area (TPSA) is 133 Å². The standard InChI is InChI=1S/C12H14N2O5S/c13-9(12(16)17)5-7-1-3-8(4-2-7)10-6-11(15)14-20(10,18)19/h1-4,6,9,18-19H,5,13H2,(H,14,15)(H,16,17)/t9-/m0/s1. The summed E-state index contributed by atoms with van der Waals surface area (Å²) in [7, 11) is -3.30. The molecule has 1 aliphatic rings. The average molecular weight is 298 g/mol. The summed E-state index contributed by atoms with van der Waals surface area (Å²) in [6.45, 7) is 0. The largest absolute Gasteiger partial charge is 0.480 e. The van der Waals surface area contributed by atoms with Gasteiger partial charge in [0, 0.05) is 6.08 Å². The molecule has 0 radical (unpaired) electrons. The Hall–Kier alpha value is -1.87. The average Bonchev–Trinajstić information content (AvgIpc) is 2.63. The number of carboxylic acid groups (broad SMARTS) is 1. The van der Waals surface area contributed by atoms with E-state index >= 15 is 0 Å². The van der Waals surface area contributed by atoms with Crippen molar-refractivity contribution in [3.63, 3.8) is 0 Å². The van der Waals surface area contributed by atoms with Gasteiger partial charge in [0.15, 0.2) is 0 Å². The van der Waals surface area contributed by atoms with Crippen molar-refractivity contribution in [1.29, 1.82) is 0 Å². The molecule has 1 amide bonds. The molecule has 0 aromatic heterocycles. The highest BCUT2D eigenvalue weighted by Gasteiger charge is 2.29. The first-order chi connectivity index (χ1) is 9.29. The molecule has 0 spiro atoms. The Morgan fingerprint density at radius 1 is 1.30 bits per heavy atom. The maximum Gasteiger partial charge on any atom is 0.320 e. The van der Waals surface area contributed by atoms with Crippen LogP contribution in [0.3, 0.4) is 0 Å². The fraction of sp³-hybridized carbons (Fsp3) is 0.167. The second-order valence-electron chi connectivity index (χ2n) is 4.37. The number of hydrogen-bond donors (Lipinski definition) is 5. The van der Waals surface area contributed by atoms with Crippen LogP contribution in [0.5, 0.6) is 0 Å². The van der Waals surface area contributed by atoms with E-state index in [-0.39, 0.29) is 11.3 Å². The molecular weight excluding hydrogens is 284 g/mol. The van der Waals surface area contributed by atoms with Crippen molar-refractivity contribution < 1.29 is 23.8 Å². The minimum absolute atomic E-state index is 0.122. The third kappa shape index (κ3) is 2.99. The van der Waals surface area contributed by atoms with E-state index in [4.69, 9.17) is 10.8 Å². The van der Waals surface area contributed by atoms with Gasteiger partial charge in [0.2, 0.25) is 0 Å². The summed E-state index contributed by atoms with van der Waals surface area (Å²) in [6.07, 6.45) is 1.30. The number of hydrogen-bond acceptors (Lipinski definition) is 5. The van der Waals surface area contributed by atoms with Crippen molar-refractivity contribution in [3.8, 4) is 0 Å². The Balaban J connectivity index is 2.19. The van der Waals surface area contributed by atoms with Crippen LogP contribution in [-0.4, -0.2) is 32.1 Å². The molecule has 1 aromatic carbocycles. The van der Waals surface area contributed by atoms with Gasteiger partial charge in [-0.1, -0.05) is 35.0 Å². The molecule has 1 aliphatic heterocycles. The third-order valence-corrected chi connectivity index (χ3v) is 4.28.